The maximum absolute atomic E-state index is 4.92. The molecule has 0 spiro atoms. The number of aromatic nitrogens is 4. The molecule has 1 N–H and O–H groups in total. The summed E-state index contributed by atoms with van der Waals surface area (Å²) in [5.74, 6) is 2.32. The molecule has 0 aliphatic heterocycles. The predicted molar refractivity (Wildman–Crippen MR) is 66.4 cm³/mol. The molecule has 0 atom stereocenters. The Kier molecular flexibility index (Phi) is 2.68. The highest BCUT2D eigenvalue weighted by Crippen LogP contribution is 2.10. The number of aryl methyl sites for hydroxylation is 1. The number of hydrogen-bond donors (Lipinski definition) is 1. The van der Waals surface area contributed by atoms with E-state index >= 15 is 0 Å². The Morgan fingerprint density at radius 1 is 1.39 bits per heavy atom. The summed E-state index contributed by atoms with van der Waals surface area (Å²) in [5.41, 5.74) is 0.926. The van der Waals surface area contributed by atoms with E-state index in [1.165, 1.54) is 0 Å². The Morgan fingerprint density at radius 2 is 2.33 bits per heavy atom. The van der Waals surface area contributed by atoms with Crippen LogP contribution in [0, 0.1) is 6.92 Å². The van der Waals surface area contributed by atoms with Gasteiger partial charge in [-0.05, 0) is 12.1 Å². The van der Waals surface area contributed by atoms with E-state index in [0.29, 0.717) is 5.89 Å². The Balaban J connectivity index is 1.68. The van der Waals surface area contributed by atoms with Crippen LogP contribution in [-0.4, -0.2) is 26.1 Å². The van der Waals surface area contributed by atoms with E-state index in [2.05, 4.69) is 20.4 Å². The van der Waals surface area contributed by atoms with Crippen molar-refractivity contribution in [2.45, 2.75) is 13.3 Å². The van der Waals surface area contributed by atoms with Crippen LogP contribution in [0.25, 0.3) is 5.65 Å². The van der Waals surface area contributed by atoms with E-state index in [4.69, 9.17) is 4.52 Å². The summed E-state index contributed by atoms with van der Waals surface area (Å²) in [6.07, 6.45) is 4.43. The lowest BCUT2D eigenvalue weighted by Gasteiger charge is -2.07. The fourth-order valence-corrected chi connectivity index (χ4v) is 1.84. The largest absolute Gasteiger partial charge is 0.371 e. The monoisotopic (exact) mass is 243 g/mol. The number of imidazole rings is 1. The van der Waals surface area contributed by atoms with Gasteiger partial charge in [-0.25, -0.2) is 4.98 Å². The Morgan fingerprint density at radius 3 is 3.17 bits per heavy atom. The molecule has 3 heterocycles. The van der Waals surface area contributed by atoms with Gasteiger partial charge in [0, 0.05) is 32.3 Å². The van der Waals surface area contributed by atoms with Crippen LogP contribution < -0.4 is 5.32 Å². The summed E-state index contributed by atoms with van der Waals surface area (Å²) in [6, 6.07) is 5.95. The molecule has 6 nitrogen and oxygen atoms in total. The molecule has 0 saturated carbocycles. The summed E-state index contributed by atoms with van der Waals surface area (Å²) < 4.78 is 6.92. The van der Waals surface area contributed by atoms with E-state index in [1.807, 2.05) is 28.8 Å². The van der Waals surface area contributed by atoms with Crippen LogP contribution in [0.3, 0.4) is 0 Å². The fraction of sp³-hybridized carbons (Fsp3) is 0.250. The van der Waals surface area contributed by atoms with Gasteiger partial charge in [0.05, 0.1) is 0 Å². The van der Waals surface area contributed by atoms with E-state index < -0.39 is 0 Å². The first kappa shape index (κ1) is 10.8. The molecule has 6 heteroatoms. The van der Waals surface area contributed by atoms with Gasteiger partial charge in [-0.15, -0.1) is 0 Å². The van der Waals surface area contributed by atoms with Crippen LogP contribution in [0.5, 0.6) is 0 Å². The van der Waals surface area contributed by atoms with Crippen LogP contribution >= 0.6 is 0 Å². The molecular weight excluding hydrogens is 230 g/mol. The molecule has 0 saturated heterocycles. The smallest absolute Gasteiger partial charge is 0.223 e. The van der Waals surface area contributed by atoms with Crippen molar-refractivity contribution in [3.05, 3.63) is 42.3 Å². The summed E-state index contributed by atoms with van der Waals surface area (Å²) in [5, 5.41) is 7.19. The minimum absolute atomic E-state index is 0.599. The maximum Gasteiger partial charge on any atom is 0.223 e. The van der Waals surface area contributed by atoms with Crippen molar-refractivity contribution in [3.8, 4) is 0 Å². The van der Waals surface area contributed by atoms with Crippen molar-refractivity contribution in [2.24, 2.45) is 0 Å². The van der Waals surface area contributed by atoms with Crippen molar-refractivity contribution in [3.63, 3.8) is 0 Å². The van der Waals surface area contributed by atoms with Gasteiger partial charge < -0.3 is 9.84 Å². The topological polar surface area (TPSA) is 68.2 Å². The molecule has 0 aliphatic carbocycles. The summed E-state index contributed by atoms with van der Waals surface area (Å²) >= 11 is 0. The second kappa shape index (κ2) is 4.48. The standard InChI is InChI=1S/C12H13N5O/c1-9-15-10(16-18-9)5-6-13-11-3-2-4-12-14-7-8-17(11)12/h2-4,7-8,13H,5-6H2,1H3. The Hall–Kier alpha value is -2.37. The first-order chi connectivity index (χ1) is 8.83. The quantitative estimate of drug-likeness (QED) is 0.755. The lowest BCUT2D eigenvalue weighted by molar-refractivity contribution is 0.387. The van der Waals surface area contributed by atoms with E-state index in [-0.39, 0.29) is 0 Å². The van der Waals surface area contributed by atoms with Gasteiger partial charge in [-0.3, -0.25) is 4.40 Å². The summed E-state index contributed by atoms with van der Waals surface area (Å²) in [7, 11) is 0. The van der Waals surface area contributed by atoms with Crippen molar-refractivity contribution in [1.82, 2.24) is 19.5 Å². The third-order valence-corrected chi connectivity index (χ3v) is 2.65. The molecule has 0 bridgehead atoms. The highest BCUT2D eigenvalue weighted by atomic mass is 16.5. The average Bonchev–Trinajstić information content (AvgIpc) is 2.98. The van der Waals surface area contributed by atoms with Gasteiger partial charge in [0.1, 0.15) is 11.5 Å². The first-order valence-electron chi connectivity index (χ1n) is 5.78. The zero-order valence-corrected chi connectivity index (χ0v) is 10.00. The van der Waals surface area contributed by atoms with Crippen LogP contribution in [0.1, 0.15) is 11.7 Å². The third kappa shape index (κ3) is 2.04. The highest BCUT2D eigenvalue weighted by molar-refractivity contribution is 5.49. The Labute approximate surface area is 104 Å². The zero-order chi connectivity index (χ0) is 12.4. The SMILES string of the molecule is Cc1nc(CCNc2cccc3nccn23)no1. The first-order valence-corrected chi connectivity index (χ1v) is 5.78. The molecule has 0 fully saturated rings. The number of nitrogens with zero attached hydrogens (tertiary/aromatic N) is 4. The number of rotatable bonds is 4. The normalized spacial score (nSPS) is 10.9. The van der Waals surface area contributed by atoms with Gasteiger partial charge in [-0.2, -0.15) is 4.98 Å². The van der Waals surface area contributed by atoms with Gasteiger partial charge in [0.2, 0.25) is 5.89 Å². The number of anilines is 1. The molecule has 0 aliphatic rings. The molecule has 0 amide bonds. The second-order valence-electron chi connectivity index (χ2n) is 3.97. The molecule has 0 radical (unpaired) electrons. The highest BCUT2D eigenvalue weighted by Gasteiger charge is 2.03. The summed E-state index contributed by atoms with van der Waals surface area (Å²) in [4.78, 5) is 8.39. The minimum Gasteiger partial charge on any atom is -0.371 e. The molecule has 18 heavy (non-hydrogen) atoms. The van der Waals surface area contributed by atoms with Crippen LogP contribution in [0.2, 0.25) is 0 Å². The number of nitrogens with one attached hydrogen (secondary N) is 1. The van der Waals surface area contributed by atoms with Gasteiger partial charge >= 0.3 is 0 Å². The molecule has 3 aromatic heterocycles. The lowest BCUT2D eigenvalue weighted by atomic mass is 10.4. The molecule has 92 valence electrons. The molecule has 3 aromatic rings. The average molecular weight is 243 g/mol. The van der Waals surface area contributed by atoms with E-state index in [9.17, 15) is 0 Å². The zero-order valence-electron chi connectivity index (χ0n) is 10.00. The second-order valence-corrected chi connectivity index (χ2v) is 3.97. The fourth-order valence-electron chi connectivity index (χ4n) is 1.84. The van der Waals surface area contributed by atoms with E-state index in [0.717, 1.165) is 30.3 Å². The van der Waals surface area contributed by atoms with Gasteiger partial charge in [0.25, 0.3) is 0 Å². The summed E-state index contributed by atoms with van der Waals surface area (Å²) in [6.45, 7) is 2.53. The Bertz CT molecular complexity index is 657. The number of fused-ring (bicyclic) bond motifs is 1. The van der Waals surface area contributed by atoms with Crippen molar-refractivity contribution in [2.75, 3.05) is 11.9 Å². The molecular formula is C12H13N5O. The van der Waals surface area contributed by atoms with Crippen LogP contribution in [0.15, 0.2) is 35.1 Å². The van der Waals surface area contributed by atoms with Crippen molar-refractivity contribution >= 4 is 11.5 Å². The number of hydrogen-bond acceptors (Lipinski definition) is 5. The lowest BCUT2D eigenvalue weighted by Crippen LogP contribution is -2.08. The van der Waals surface area contributed by atoms with Crippen molar-refractivity contribution in [1.29, 1.82) is 0 Å². The predicted octanol–water partition coefficient (Wildman–Crippen LogP) is 1.68. The number of pyridine rings is 1. The molecule has 3 rings (SSSR count). The van der Waals surface area contributed by atoms with Crippen LogP contribution in [-0.2, 0) is 6.42 Å². The maximum atomic E-state index is 4.92. The third-order valence-electron chi connectivity index (χ3n) is 2.65. The van der Waals surface area contributed by atoms with Gasteiger partial charge in [-0.1, -0.05) is 11.2 Å². The van der Waals surface area contributed by atoms with E-state index in [1.54, 1.807) is 13.1 Å². The van der Waals surface area contributed by atoms with Crippen molar-refractivity contribution < 1.29 is 4.52 Å². The molecule has 0 unspecified atom stereocenters. The molecule has 0 aromatic carbocycles. The minimum atomic E-state index is 0.599. The van der Waals surface area contributed by atoms with Gasteiger partial charge in [0.15, 0.2) is 5.82 Å². The van der Waals surface area contributed by atoms with Crippen LogP contribution in [0.4, 0.5) is 5.82 Å².